The molecule has 0 spiro atoms. The van der Waals surface area contributed by atoms with Gasteiger partial charge in [0.1, 0.15) is 5.82 Å². The molecule has 1 atom stereocenters. The lowest BCUT2D eigenvalue weighted by molar-refractivity contribution is -0.125. The Kier molecular flexibility index (Phi) is 5.26. The van der Waals surface area contributed by atoms with E-state index in [-0.39, 0.29) is 11.8 Å². The third-order valence-corrected chi connectivity index (χ3v) is 4.69. The zero-order chi connectivity index (χ0) is 17.8. The summed E-state index contributed by atoms with van der Waals surface area (Å²) in [6, 6.07) is 5.83. The zero-order valence-corrected chi connectivity index (χ0v) is 15.0. The van der Waals surface area contributed by atoms with E-state index in [1.165, 1.54) is 0 Å². The van der Waals surface area contributed by atoms with Crippen molar-refractivity contribution < 1.29 is 14.3 Å². The van der Waals surface area contributed by atoms with E-state index in [9.17, 15) is 4.79 Å². The molecule has 1 aliphatic rings. The van der Waals surface area contributed by atoms with Gasteiger partial charge in [-0.3, -0.25) is 4.79 Å². The molecule has 0 unspecified atom stereocenters. The van der Waals surface area contributed by atoms with Gasteiger partial charge in [-0.05, 0) is 43.9 Å². The van der Waals surface area contributed by atoms with Crippen LogP contribution in [0.1, 0.15) is 29.2 Å². The molecular formula is C19H25N3O3. The van der Waals surface area contributed by atoms with Crippen LogP contribution in [-0.4, -0.2) is 36.6 Å². The third kappa shape index (κ3) is 3.95. The van der Waals surface area contributed by atoms with Crippen LogP contribution in [0.15, 0.2) is 18.2 Å². The summed E-state index contributed by atoms with van der Waals surface area (Å²) in [6.45, 7) is 2.57. The number of benzene rings is 1. The summed E-state index contributed by atoms with van der Waals surface area (Å²) in [5, 5.41) is 3.06. The van der Waals surface area contributed by atoms with E-state index >= 15 is 0 Å². The van der Waals surface area contributed by atoms with Gasteiger partial charge in [0.25, 0.3) is 0 Å². The Balaban J connectivity index is 1.51. The van der Waals surface area contributed by atoms with E-state index in [0.717, 1.165) is 48.5 Å². The van der Waals surface area contributed by atoms with Crippen molar-refractivity contribution in [2.45, 2.75) is 32.6 Å². The molecule has 0 saturated heterocycles. The topological polar surface area (TPSA) is 76.2 Å². The van der Waals surface area contributed by atoms with Crippen LogP contribution in [0.25, 0.3) is 0 Å². The maximum Gasteiger partial charge on any atom is 0.223 e. The molecule has 6 nitrogen and oxygen atoms in total. The summed E-state index contributed by atoms with van der Waals surface area (Å²) in [5.41, 5.74) is 3.34. The van der Waals surface area contributed by atoms with Crippen molar-refractivity contribution in [3.63, 3.8) is 0 Å². The monoisotopic (exact) mass is 343 g/mol. The molecule has 134 valence electrons. The first-order chi connectivity index (χ1) is 12.1. The molecule has 6 heteroatoms. The first-order valence-electron chi connectivity index (χ1n) is 8.63. The summed E-state index contributed by atoms with van der Waals surface area (Å²) in [7, 11) is 3.24. The number of fused-ring (bicyclic) bond motifs is 1. The summed E-state index contributed by atoms with van der Waals surface area (Å²) in [6.07, 6.45) is 3.23. The molecule has 0 radical (unpaired) electrons. The van der Waals surface area contributed by atoms with Gasteiger partial charge in [0, 0.05) is 24.6 Å². The van der Waals surface area contributed by atoms with Crippen LogP contribution in [0.2, 0.25) is 0 Å². The molecule has 1 heterocycles. The van der Waals surface area contributed by atoms with E-state index in [1.54, 1.807) is 14.2 Å². The summed E-state index contributed by atoms with van der Waals surface area (Å²) in [4.78, 5) is 20.2. The number of ether oxygens (including phenoxy) is 2. The highest BCUT2D eigenvalue weighted by Gasteiger charge is 2.26. The standard InChI is InChI=1S/C19H25N3O3/c1-12-21-15-6-5-14(11-16(15)22-12)19(23)20-9-8-13-4-7-17(24-2)18(10-13)25-3/h4,7,10,14H,5-6,8-9,11H2,1-3H3,(H,20,23)(H,21,22)/t14-/m1/s1. The lowest BCUT2D eigenvalue weighted by Crippen LogP contribution is -2.35. The minimum absolute atomic E-state index is 0.0257. The number of rotatable bonds is 6. The van der Waals surface area contributed by atoms with Crippen LogP contribution in [0.4, 0.5) is 0 Å². The number of imidazole rings is 1. The molecule has 0 aliphatic heterocycles. The lowest BCUT2D eigenvalue weighted by Gasteiger charge is -2.20. The number of hydrogen-bond donors (Lipinski definition) is 2. The van der Waals surface area contributed by atoms with Crippen molar-refractivity contribution in [1.29, 1.82) is 0 Å². The molecule has 1 aromatic carbocycles. The van der Waals surface area contributed by atoms with Gasteiger partial charge in [-0.15, -0.1) is 0 Å². The predicted octanol–water partition coefficient (Wildman–Crippen LogP) is 2.20. The molecular weight excluding hydrogens is 318 g/mol. The Labute approximate surface area is 147 Å². The number of carbonyl (C=O) groups is 1. The smallest absolute Gasteiger partial charge is 0.223 e. The molecule has 0 bridgehead atoms. The van der Waals surface area contributed by atoms with Gasteiger partial charge < -0.3 is 19.8 Å². The Morgan fingerprint density at radius 2 is 2.12 bits per heavy atom. The first-order valence-corrected chi connectivity index (χ1v) is 8.63. The zero-order valence-electron chi connectivity index (χ0n) is 15.0. The van der Waals surface area contributed by atoms with E-state index in [1.807, 2.05) is 25.1 Å². The number of aromatic nitrogens is 2. The summed E-state index contributed by atoms with van der Waals surface area (Å²) in [5.74, 6) is 2.50. The Hall–Kier alpha value is -2.50. The molecule has 0 fully saturated rings. The van der Waals surface area contributed by atoms with E-state index in [4.69, 9.17) is 9.47 Å². The van der Waals surface area contributed by atoms with Gasteiger partial charge in [-0.2, -0.15) is 0 Å². The second-order valence-corrected chi connectivity index (χ2v) is 6.42. The molecule has 1 amide bonds. The van der Waals surface area contributed by atoms with Gasteiger partial charge in [-0.1, -0.05) is 6.07 Å². The SMILES string of the molecule is COc1ccc(CCNC(=O)[C@@H]2CCc3nc(C)[nH]c3C2)cc1OC. The first kappa shape index (κ1) is 17.3. The Morgan fingerprint density at radius 1 is 1.32 bits per heavy atom. The highest BCUT2D eigenvalue weighted by Crippen LogP contribution is 2.27. The molecule has 2 aromatic rings. The van der Waals surface area contributed by atoms with E-state index in [0.29, 0.717) is 18.0 Å². The van der Waals surface area contributed by atoms with E-state index < -0.39 is 0 Å². The molecule has 3 rings (SSSR count). The van der Waals surface area contributed by atoms with Crippen LogP contribution in [0.5, 0.6) is 11.5 Å². The van der Waals surface area contributed by atoms with E-state index in [2.05, 4.69) is 15.3 Å². The van der Waals surface area contributed by atoms with Crippen LogP contribution in [0.3, 0.4) is 0 Å². The number of nitrogens with zero attached hydrogens (tertiary/aromatic N) is 1. The van der Waals surface area contributed by atoms with Gasteiger partial charge >= 0.3 is 0 Å². The maximum absolute atomic E-state index is 12.4. The van der Waals surface area contributed by atoms with Crippen LogP contribution < -0.4 is 14.8 Å². The average Bonchev–Trinajstić information content (AvgIpc) is 3.00. The molecule has 0 saturated carbocycles. The number of aryl methyl sites for hydroxylation is 2. The van der Waals surface area contributed by atoms with Crippen LogP contribution in [-0.2, 0) is 24.1 Å². The van der Waals surface area contributed by atoms with Crippen molar-refractivity contribution in [3.8, 4) is 11.5 Å². The predicted molar refractivity (Wildman–Crippen MR) is 95.1 cm³/mol. The molecule has 25 heavy (non-hydrogen) atoms. The Morgan fingerprint density at radius 3 is 2.88 bits per heavy atom. The quantitative estimate of drug-likeness (QED) is 0.843. The molecule has 1 aromatic heterocycles. The fourth-order valence-electron chi connectivity index (χ4n) is 3.36. The third-order valence-electron chi connectivity index (χ3n) is 4.69. The van der Waals surface area contributed by atoms with Crippen molar-refractivity contribution in [1.82, 2.24) is 15.3 Å². The average molecular weight is 343 g/mol. The molecule has 2 N–H and O–H groups in total. The molecule has 1 aliphatic carbocycles. The number of methoxy groups -OCH3 is 2. The van der Waals surface area contributed by atoms with Crippen molar-refractivity contribution in [2.75, 3.05) is 20.8 Å². The van der Waals surface area contributed by atoms with Crippen molar-refractivity contribution in [3.05, 3.63) is 41.0 Å². The largest absolute Gasteiger partial charge is 0.493 e. The second kappa shape index (κ2) is 7.59. The van der Waals surface area contributed by atoms with Crippen molar-refractivity contribution >= 4 is 5.91 Å². The number of aromatic amines is 1. The van der Waals surface area contributed by atoms with Crippen LogP contribution in [0, 0.1) is 12.8 Å². The number of amides is 1. The normalized spacial score (nSPS) is 16.2. The summed E-state index contributed by atoms with van der Waals surface area (Å²) >= 11 is 0. The lowest BCUT2D eigenvalue weighted by atomic mass is 9.89. The number of H-pyrrole nitrogens is 1. The van der Waals surface area contributed by atoms with Crippen molar-refractivity contribution in [2.24, 2.45) is 5.92 Å². The Bertz CT molecular complexity index is 754. The van der Waals surface area contributed by atoms with Gasteiger partial charge in [-0.25, -0.2) is 4.98 Å². The second-order valence-electron chi connectivity index (χ2n) is 6.42. The van der Waals surface area contributed by atoms with Gasteiger partial charge in [0.2, 0.25) is 5.91 Å². The minimum Gasteiger partial charge on any atom is -0.493 e. The summed E-state index contributed by atoms with van der Waals surface area (Å²) < 4.78 is 10.6. The number of carbonyl (C=O) groups excluding carboxylic acids is 1. The van der Waals surface area contributed by atoms with Gasteiger partial charge in [0.15, 0.2) is 11.5 Å². The number of nitrogens with one attached hydrogen (secondary N) is 2. The van der Waals surface area contributed by atoms with Crippen LogP contribution >= 0.6 is 0 Å². The van der Waals surface area contributed by atoms with Gasteiger partial charge in [0.05, 0.1) is 19.9 Å². The fraction of sp³-hybridized carbons (Fsp3) is 0.474. The fourth-order valence-corrected chi connectivity index (χ4v) is 3.36. The number of hydrogen-bond acceptors (Lipinski definition) is 4. The maximum atomic E-state index is 12.4. The minimum atomic E-state index is 0.0257. The highest BCUT2D eigenvalue weighted by molar-refractivity contribution is 5.79. The highest BCUT2D eigenvalue weighted by atomic mass is 16.5.